The van der Waals surface area contributed by atoms with Gasteiger partial charge in [0.2, 0.25) is 0 Å². The zero-order valence-electron chi connectivity index (χ0n) is 22.3. The van der Waals surface area contributed by atoms with Crippen LogP contribution >= 0.6 is 11.6 Å². The average molecular weight is 572 g/mol. The number of nitrogens with zero attached hydrogens (tertiary/aromatic N) is 4. The van der Waals surface area contributed by atoms with Crippen molar-refractivity contribution in [3.8, 4) is 6.07 Å². The number of hydrogen-bond acceptors (Lipinski definition) is 7. The zero-order valence-corrected chi connectivity index (χ0v) is 23.0. The predicted molar refractivity (Wildman–Crippen MR) is 145 cm³/mol. The van der Waals surface area contributed by atoms with Crippen molar-refractivity contribution in [1.82, 2.24) is 14.5 Å². The van der Waals surface area contributed by atoms with Crippen molar-refractivity contribution in [1.29, 1.82) is 5.26 Å². The van der Waals surface area contributed by atoms with Crippen LogP contribution in [0.1, 0.15) is 51.6 Å². The fourth-order valence-electron chi connectivity index (χ4n) is 5.23. The number of anilines is 2. The van der Waals surface area contributed by atoms with Crippen LogP contribution in [0.3, 0.4) is 0 Å². The number of fused-ring (bicyclic) bond motifs is 1. The normalized spacial score (nSPS) is 18.6. The molecule has 2 fully saturated rings. The second kappa shape index (κ2) is 10.3. The summed E-state index contributed by atoms with van der Waals surface area (Å²) >= 11 is 6.60. The Bertz CT molecular complexity index is 1590. The quantitative estimate of drug-likeness (QED) is 0.431. The lowest BCUT2D eigenvalue weighted by atomic mass is 9.87. The molecule has 3 heterocycles. The standard InChI is InChI=1S/C28H28ClF2N5O4/c1-27(2,3)40-26(38)35-10-8-28(9-11-35)12-16(14-39-28)36-15-33-20-6-7-21(23(29)22(20)25(36)37)34-24-17(13-32)18(30)4-5-19(24)31/h4-7,15-16,34H,8-12,14H2,1-3H3/t16-/m1/s1. The number of piperidine rings is 1. The Balaban J connectivity index is 1.38. The van der Waals surface area contributed by atoms with Crippen LogP contribution in [0.15, 0.2) is 35.4 Å². The van der Waals surface area contributed by atoms with E-state index in [1.165, 1.54) is 23.0 Å². The van der Waals surface area contributed by atoms with Crippen molar-refractivity contribution in [3.05, 3.63) is 63.2 Å². The lowest BCUT2D eigenvalue weighted by molar-refractivity contribution is -0.0486. The zero-order chi connectivity index (χ0) is 28.8. The van der Waals surface area contributed by atoms with Gasteiger partial charge in [-0.15, -0.1) is 0 Å². The molecule has 2 aromatic carbocycles. The van der Waals surface area contributed by atoms with Gasteiger partial charge in [0.25, 0.3) is 5.56 Å². The number of benzene rings is 2. The number of rotatable bonds is 3. The number of aromatic nitrogens is 2. The molecule has 1 aromatic heterocycles. The molecule has 0 aliphatic carbocycles. The Labute approximate surface area is 234 Å². The first kappa shape index (κ1) is 27.8. The average Bonchev–Trinajstić information content (AvgIpc) is 3.30. The van der Waals surface area contributed by atoms with Crippen LogP contribution in [0.25, 0.3) is 10.9 Å². The molecule has 0 bridgehead atoms. The summed E-state index contributed by atoms with van der Waals surface area (Å²) < 4.78 is 41.7. The van der Waals surface area contributed by atoms with Crippen LogP contribution in [0, 0.1) is 23.0 Å². The van der Waals surface area contributed by atoms with Gasteiger partial charge in [0, 0.05) is 13.1 Å². The Kier molecular flexibility index (Phi) is 7.18. The van der Waals surface area contributed by atoms with Gasteiger partial charge in [0.1, 0.15) is 28.9 Å². The molecule has 1 atom stereocenters. The first-order valence-electron chi connectivity index (χ1n) is 12.9. The Morgan fingerprint density at radius 1 is 1.23 bits per heavy atom. The molecule has 12 heteroatoms. The lowest BCUT2D eigenvalue weighted by Crippen LogP contribution is -2.48. The van der Waals surface area contributed by atoms with E-state index < -0.39 is 34.0 Å². The minimum absolute atomic E-state index is 0.0313. The molecule has 3 aromatic rings. The van der Waals surface area contributed by atoms with Crippen molar-refractivity contribution < 1.29 is 23.0 Å². The van der Waals surface area contributed by atoms with Crippen LogP contribution in [-0.4, -0.2) is 51.4 Å². The lowest BCUT2D eigenvalue weighted by Gasteiger charge is -2.39. The van der Waals surface area contributed by atoms with Gasteiger partial charge in [-0.1, -0.05) is 11.6 Å². The largest absolute Gasteiger partial charge is 0.444 e. The SMILES string of the molecule is CC(C)(C)OC(=O)N1CCC2(CC1)C[C@@H](n1cnc3ccc(Nc4c(F)ccc(F)c4C#N)c(Cl)c3c1=O)CO2. The van der Waals surface area contributed by atoms with E-state index in [1.54, 1.807) is 11.0 Å². The fourth-order valence-corrected chi connectivity index (χ4v) is 5.52. The summed E-state index contributed by atoms with van der Waals surface area (Å²) in [6.07, 6.45) is 2.86. The second-order valence-electron chi connectivity index (χ2n) is 11.1. The summed E-state index contributed by atoms with van der Waals surface area (Å²) in [6, 6.07) is 6.12. The molecule has 2 aliphatic heterocycles. The molecule has 1 N–H and O–H groups in total. The van der Waals surface area contributed by atoms with Crippen LogP contribution in [0.2, 0.25) is 5.02 Å². The number of hydrogen-bond donors (Lipinski definition) is 1. The summed E-state index contributed by atoms with van der Waals surface area (Å²) in [4.78, 5) is 32.2. The maximum absolute atomic E-state index is 14.5. The number of carbonyl (C=O) groups excluding carboxylic acids is 1. The molecule has 0 saturated carbocycles. The van der Waals surface area contributed by atoms with E-state index in [9.17, 15) is 23.6 Å². The molecule has 40 heavy (non-hydrogen) atoms. The highest BCUT2D eigenvalue weighted by Gasteiger charge is 2.45. The predicted octanol–water partition coefficient (Wildman–Crippen LogP) is 5.67. The third kappa shape index (κ3) is 5.21. The van der Waals surface area contributed by atoms with Crippen molar-refractivity contribution in [2.24, 2.45) is 0 Å². The Morgan fingerprint density at radius 3 is 2.60 bits per heavy atom. The summed E-state index contributed by atoms with van der Waals surface area (Å²) in [6.45, 7) is 6.72. The van der Waals surface area contributed by atoms with Gasteiger partial charge in [0.05, 0.1) is 51.9 Å². The number of nitriles is 1. The van der Waals surface area contributed by atoms with Gasteiger partial charge in [-0.2, -0.15) is 5.26 Å². The minimum atomic E-state index is -0.889. The van der Waals surface area contributed by atoms with Crippen molar-refractivity contribution in [3.63, 3.8) is 0 Å². The van der Waals surface area contributed by atoms with Crippen LogP contribution in [0.5, 0.6) is 0 Å². The minimum Gasteiger partial charge on any atom is -0.444 e. The maximum Gasteiger partial charge on any atom is 0.410 e. The van der Waals surface area contributed by atoms with E-state index >= 15 is 0 Å². The number of halogens is 3. The molecule has 0 radical (unpaired) electrons. The van der Waals surface area contributed by atoms with Crippen molar-refractivity contribution in [2.45, 2.75) is 57.3 Å². The third-order valence-electron chi connectivity index (χ3n) is 7.27. The Morgan fingerprint density at radius 2 is 1.93 bits per heavy atom. The first-order valence-corrected chi connectivity index (χ1v) is 13.3. The maximum atomic E-state index is 14.5. The third-order valence-corrected chi connectivity index (χ3v) is 7.67. The summed E-state index contributed by atoms with van der Waals surface area (Å²) in [5.74, 6) is -1.73. The molecule has 5 rings (SSSR count). The van der Waals surface area contributed by atoms with Gasteiger partial charge in [-0.05, 0) is 64.3 Å². The van der Waals surface area contributed by atoms with Gasteiger partial charge in [-0.3, -0.25) is 9.36 Å². The Hall–Kier alpha value is -3.75. The van der Waals surface area contributed by atoms with E-state index in [-0.39, 0.29) is 40.5 Å². The second-order valence-corrected chi connectivity index (χ2v) is 11.5. The summed E-state index contributed by atoms with van der Waals surface area (Å²) in [5, 5.41) is 12.0. The fraction of sp³-hybridized carbons (Fsp3) is 0.429. The number of nitrogens with one attached hydrogen (secondary N) is 1. The molecular formula is C28H28ClF2N5O4. The highest BCUT2D eigenvalue weighted by atomic mass is 35.5. The van der Waals surface area contributed by atoms with Crippen molar-refractivity contribution >= 4 is 40.0 Å². The summed E-state index contributed by atoms with van der Waals surface area (Å²) in [5.41, 5.74) is -1.89. The molecule has 2 aliphatic rings. The van der Waals surface area contributed by atoms with E-state index in [2.05, 4.69) is 10.3 Å². The van der Waals surface area contributed by atoms with E-state index in [0.29, 0.717) is 37.9 Å². The van der Waals surface area contributed by atoms with Gasteiger partial charge in [-0.25, -0.2) is 18.6 Å². The number of carbonyl (C=O) groups is 1. The van der Waals surface area contributed by atoms with E-state index in [4.69, 9.17) is 21.1 Å². The highest BCUT2D eigenvalue weighted by molar-refractivity contribution is 6.38. The van der Waals surface area contributed by atoms with Gasteiger partial charge >= 0.3 is 6.09 Å². The summed E-state index contributed by atoms with van der Waals surface area (Å²) in [7, 11) is 0. The van der Waals surface area contributed by atoms with Gasteiger partial charge < -0.3 is 19.7 Å². The number of likely N-dealkylation sites (tertiary alicyclic amines) is 1. The first-order chi connectivity index (χ1) is 18.9. The van der Waals surface area contributed by atoms with Crippen LogP contribution < -0.4 is 10.9 Å². The molecule has 0 unspecified atom stereocenters. The smallest absolute Gasteiger partial charge is 0.410 e. The van der Waals surface area contributed by atoms with E-state index in [0.717, 1.165) is 12.1 Å². The molecule has 9 nitrogen and oxygen atoms in total. The monoisotopic (exact) mass is 571 g/mol. The van der Waals surface area contributed by atoms with Crippen molar-refractivity contribution in [2.75, 3.05) is 25.0 Å². The van der Waals surface area contributed by atoms with E-state index in [1.807, 2.05) is 20.8 Å². The topological polar surface area (TPSA) is 109 Å². The van der Waals surface area contributed by atoms with Crippen LogP contribution in [0.4, 0.5) is 25.0 Å². The van der Waals surface area contributed by atoms with Crippen LogP contribution in [-0.2, 0) is 9.47 Å². The number of ether oxygens (including phenoxy) is 2. The molecule has 1 spiro atoms. The molecular weight excluding hydrogens is 544 g/mol. The highest BCUT2D eigenvalue weighted by Crippen LogP contribution is 2.41. The van der Waals surface area contributed by atoms with Gasteiger partial charge in [0.15, 0.2) is 0 Å². The molecule has 1 amide bonds. The molecule has 210 valence electrons. The number of amides is 1. The molecule has 2 saturated heterocycles.